The number of fused-ring (bicyclic) bond motifs is 2. The largest absolute Gasteiger partial charge is 0.435 e. The third kappa shape index (κ3) is 1.88. The summed E-state index contributed by atoms with van der Waals surface area (Å²) in [4.78, 5) is 5.59. The van der Waals surface area contributed by atoms with E-state index in [9.17, 15) is 0 Å². The van der Waals surface area contributed by atoms with Crippen LogP contribution in [0.2, 0.25) is 0 Å². The van der Waals surface area contributed by atoms with Crippen LogP contribution in [0, 0.1) is 0 Å². The number of thiophene rings is 1. The summed E-state index contributed by atoms with van der Waals surface area (Å²) in [6.07, 6.45) is 0. The van der Waals surface area contributed by atoms with Gasteiger partial charge in [-0.2, -0.15) is 0 Å². The summed E-state index contributed by atoms with van der Waals surface area (Å²) in [5, 5.41) is 1.21. The highest BCUT2D eigenvalue weighted by Gasteiger charge is 2.11. The molecule has 0 unspecified atom stereocenters. The summed E-state index contributed by atoms with van der Waals surface area (Å²) < 4.78 is 8.12. The Hall–Kier alpha value is -1.65. The molecule has 2 aromatic heterocycles. The highest BCUT2D eigenvalue weighted by molar-refractivity contribution is 9.10. The van der Waals surface area contributed by atoms with Crippen molar-refractivity contribution < 1.29 is 4.42 Å². The van der Waals surface area contributed by atoms with Gasteiger partial charge >= 0.3 is 0 Å². The molecule has 2 nitrogen and oxygen atoms in total. The average molecular weight is 330 g/mol. The number of oxazole rings is 1. The van der Waals surface area contributed by atoms with Crippen LogP contribution in [-0.2, 0) is 0 Å². The summed E-state index contributed by atoms with van der Waals surface area (Å²) in [7, 11) is 0. The van der Waals surface area contributed by atoms with Crippen LogP contribution < -0.4 is 0 Å². The van der Waals surface area contributed by atoms with Crippen molar-refractivity contribution in [3.05, 3.63) is 53.0 Å². The van der Waals surface area contributed by atoms with E-state index >= 15 is 0 Å². The van der Waals surface area contributed by atoms with E-state index in [1.165, 1.54) is 10.1 Å². The molecule has 19 heavy (non-hydrogen) atoms. The van der Waals surface area contributed by atoms with E-state index in [1.807, 2.05) is 30.3 Å². The maximum atomic E-state index is 5.80. The molecule has 4 heteroatoms. The lowest BCUT2D eigenvalue weighted by Crippen LogP contribution is -1.68. The van der Waals surface area contributed by atoms with Gasteiger partial charge in [-0.15, -0.1) is 11.3 Å². The van der Waals surface area contributed by atoms with Gasteiger partial charge in [-0.25, -0.2) is 4.98 Å². The van der Waals surface area contributed by atoms with Crippen LogP contribution in [0.25, 0.3) is 32.0 Å². The zero-order chi connectivity index (χ0) is 12.8. The van der Waals surface area contributed by atoms with Crippen LogP contribution in [0.1, 0.15) is 0 Å². The molecule has 0 atom stereocenters. The summed E-state index contributed by atoms with van der Waals surface area (Å²) >= 11 is 5.19. The van der Waals surface area contributed by atoms with Gasteiger partial charge in [0.2, 0.25) is 5.89 Å². The Labute approximate surface area is 121 Å². The predicted octanol–water partition coefficient (Wildman–Crippen LogP) is 5.47. The molecule has 0 N–H and O–H groups in total. The van der Waals surface area contributed by atoms with E-state index in [1.54, 1.807) is 11.3 Å². The molecule has 0 amide bonds. The second-order valence-electron chi connectivity index (χ2n) is 4.28. The van der Waals surface area contributed by atoms with Crippen molar-refractivity contribution >= 4 is 48.5 Å². The average Bonchev–Trinajstić information content (AvgIpc) is 3.00. The minimum Gasteiger partial charge on any atom is -0.435 e. The summed E-state index contributed by atoms with van der Waals surface area (Å²) in [5.74, 6) is 0.693. The van der Waals surface area contributed by atoms with Crippen molar-refractivity contribution in [2.45, 2.75) is 0 Å². The standard InChI is InChI=1S/C15H8BrNOS/c16-10-6-5-9-7-14(19-13(9)8-10)15-17-11-3-1-2-4-12(11)18-15/h1-8H. The highest BCUT2D eigenvalue weighted by Crippen LogP contribution is 2.35. The maximum absolute atomic E-state index is 5.80. The third-order valence-electron chi connectivity index (χ3n) is 2.99. The lowest BCUT2D eigenvalue weighted by Gasteiger charge is -1.88. The van der Waals surface area contributed by atoms with Crippen LogP contribution in [0.5, 0.6) is 0 Å². The predicted molar refractivity (Wildman–Crippen MR) is 82.5 cm³/mol. The SMILES string of the molecule is Brc1ccc2cc(-c3nc4ccccc4o3)sc2c1. The first-order chi connectivity index (χ1) is 9.29. The molecule has 92 valence electrons. The number of nitrogens with zero attached hydrogens (tertiary/aromatic N) is 1. The Morgan fingerprint density at radius 3 is 2.84 bits per heavy atom. The number of aromatic nitrogens is 1. The molecule has 0 saturated heterocycles. The smallest absolute Gasteiger partial charge is 0.237 e. The molecule has 4 rings (SSSR count). The Morgan fingerprint density at radius 2 is 1.95 bits per heavy atom. The number of rotatable bonds is 1. The highest BCUT2D eigenvalue weighted by atomic mass is 79.9. The lowest BCUT2D eigenvalue weighted by atomic mass is 10.2. The van der Waals surface area contributed by atoms with Crippen molar-refractivity contribution in [1.29, 1.82) is 0 Å². The Balaban J connectivity index is 1.93. The summed E-state index contributed by atoms with van der Waals surface area (Å²) in [6, 6.07) is 16.2. The monoisotopic (exact) mass is 329 g/mol. The van der Waals surface area contributed by atoms with Crippen LogP contribution >= 0.6 is 27.3 Å². The van der Waals surface area contributed by atoms with Crippen LogP contribution in [-0.4, -0.2) is 4.98 Å². The Bertz CT molecular complexity index is 860. The van der Waals surface area contributed by atoms with E-state index in [0.717, 1.165) is 20.4 Å². The number of hydrogen-bond acceptors (Lipinski definition) is 3. The van der Waals surface area contributed by atoms with E-state index in [2.05, 4.69) is 39.1 Å². The molecular formula is C15H8BrNOS. The summed E-state index contributed by atoms with van der Waals surface area (Å²) in [5.41, 5.74) is 1.73. The number of benzene rings is 2. The zero-order valence-corrected chi connectivity index (χ0v) is 12.2. The molecule has 2 heterocycles. The minimum absolute atomic E-state index is 0.693. The second kappa shape index (κ2) is 4.18. The Morgan fingerprint density at radius 1 is 1.05 bits per heavy atom. The molecule has 0 fully saturated rings. The van der Waals surface area contributed by atoms with Crippen molar-refractivity contribution in [3.63, 3.8) is 0 Å². The lowest BCUT2D eigenvalue weighted by molar-refractivity contribution is 0.622. The molecule has 0 bridgehead atoms. The first-order valence-electron chi connectivity index (χ1n) is 5.85. The van der Waals surface area contributed by atoms with Gasteiger partial charge in [-0.3, -0.25) is 0 Å². The molecular weight excluding hydrogens is 322 g/mol. The van der Waals surface area contributed by atoms with Gasteiger partial charge in [0.1, 0.15) is 5.52 Å². The van der Waals surface area contributed by atoms with Gasteiger partial charge in [-0.1, -0.05) is 34.1 Å². The first kappa shape index (κ1) is 11.2. The molecule has 0 aliphatic heterocycles. The second-order valence-corrected chi connectivity index (χ2v) is 6.28. The van der Waals surface area contributed by atoms with Crippen LogP contribution in [0.15, 0.2) is 57.4 Å². The zero-order valence-electron chi connectivity index (χ0n) is 9.76. The molecule has 0 aliphatic rings. The van der Waals surface area contributed by atoms with E-state index in [-0.39, 0.29) is 0 Å². The summed E-state index contributed by atoms with van der Waals surface area (Å²) in [6.45, 7) is 0. The van der Waals surface area contributed by atoms with E-state index in [0.29, 0.717) is 5.89 Å². The fourth-order valence-electron chi connectivity index (χ4n) is 2.09. The van der Waals surface area contributed by atoms with Crippen molar-refractivity contribution in [3.8, 4) is 10.8 Å². The maximum Gasteiger partial charge on any atom is 0.237 e. The third-order valence-corrected chi connectivity index (χ3v) is 4.57. The topological polar surface area (TPSA) is 26.0 Å². The van der Waals surface area contributed by atoms with E-state index in [4.69, 9.17) is 4.42 Å². The number of para-hydroxylation sites is 2. The molecule has 0 spiro atoms. The minimum atomic E-state index is 0.693. The normalized spacial score (nSPS) is 11.4. The van der Waals surface area contributed by atoms with Crippen molar-refractivity contribution in [1.82, 2.24) is 4.98 Å². The molecule has 4 aromatic rings. The van der Waals surface area contributed by atoms with Gasteiger partial charge in [-0.05, 0) is 35.7 Å². The molecule has 2 aromatic carbocycles. The van der Waals surface area contributed by atoms with Crippen LogP contribution in [0.3, 0.4) is 0 Å². The van der Waals surface area contributed by atoms with E-state index < -0.39 is 0 Å². The number of hydrogen-bond donors (Lipinski definition) is 0. The number of halogens is 1. The fraction of sp³-hybridized carbons (Fsp3) is 0. The quantitative estimate of drug-likeness (QED) is 0.462. The van der Waals surface area contributed by atoms with Crippen molar-refractivity contribution in [2.75, 3.05) is 0 Å². The van der Waals surface area contributed by atoms with Gasteiger partial charge in [0.15, 0.2) is 5.58 Å². The van der Waals surface area contributed by atoms with Gasteiger partial charge in [0.25, 0.3) is 0 Å². The molecule has 0 saturated carbocycles. The van der Waals surface area contributed by atoms with Crippen LogP contribution in [0.4, 0.5) is 0 Å². The first-order valence-corrected chi connectivity index (χ1v) is 7.45. The van der Waals surface area contributed by atoms with Gasteiger partial charge in [0, 0.05) is 9.17 Å². The van der Waals surface area contributed by atoms with Gasteiger partial charge < -0.3 is 4.42 Å². The molecule has 0 radical (unpaired) electrons. The fourth-order valence-corrected chi connectivity index (χ4v) is 3.63. The Kier molecular flexibility index (Phi) is 2.47. The van der Waals surface area contributed by atoms with Crippen molar-refractivity contribution in [2.24, 2.45) is 0 Å². The molecule has 0 aliphatic carbocycles. The van der Waals surface area contributed by atoms with Gasteiger partial charge in [0.05, 0.1) is 4.88 Å².